The van der Waals surface area contributed by atoms with Crippen LogP contribution in [0, 0.1) is 19.8 Å². The summed E-state index contributed by atoms with van der Waals surface area (Å²) in [6.07, 6.45) is 0.430. The fraction of sp³-hybridized carbons (Fsp3) is 0.261. The molecule has 5 rings (SSSR count). The second-order valence-corrected chi connectivity index (χ2v) is 9.42. The van der Waals surface area contributed by atoms with Gasteiger partial charge in [-0.1, -0.05) is 11.6 Å². The largest absolute Gasteiger partial charge is 0.467 e. The molecule has 3 atom stereocenters. The van der Waals surface area contributed by atoms with E-state index in [1.807, 2.05) is 6.92 Å². The van der Waals surface area contributed by atoms with E-state index in [-0.39, 0.29) is 10.6 Å². The van der Waals surface area contributed by atoms with Crippen LogP contribution < -0.4 is 9.96 Å². The van der Waals surface area contributed by atoms with Gasteiger partial charge < -0.3 is 9.15 Å². The number of benzene rings is 1. The number of anilines is 2. The average Bonchev–Trinajstić information content (AvgIpc) is 3.55. The monoisotopic (exact) mass is 486 g/mol. The maximum atomic E-state index is 13.7. The molecule has 0 radical (unpaired) electrons. The minimum Gasteiger partial charge on any atom is -0.467 e. The Morgan fingerprint density at radius 1 is 1.12 bits per heavy atom. The highest BCUT2D eigenvalue weighted by molar-refractivity contribution is 7.17. The number of aryl methyl sites for hydroxylation is 1. The van der Waals surface area contributed by atoms with Gasteiger partial charge in [-0.3, -0.25) is 14.4 Å². The molecule has 10 heteroatoms. The number of furan rings is 1. The zero-order valence-electron chi connectivity index (χ0n) is 17.9. The van der Waals surface area contributed by atoms with Crippen molar-refractivity contribution in [3.63, 3.8) is 0 Å². The second kappa shape index (κ2) is 8.02. The highest BCUT2D eigenvalue weighted by atomic mass is 35.5. The van der Waals surface area contributed by atoms with Gasteiger partial charge in [-0.15, -0.1) is 11.3 Å². The maximum Gasteiger partial charge on any atom is 0.341 e. The molecule has 2 amide bonds. The number of methoxy groups -OCH3 is 1. The van der Waals surface area contributed by atoms with Crippen molar-refractivity contribution in [3.05, 3.63) is 69.4 Å². The Labute approximate surface area is 198 Å². The van der Waals surface area contributed by atoms with Gasteiger partial charge in [0.2, 0.25) is 5.91 Å². The predicted molar refractivity (Wildman–Crippen MR) is 121 cm³/mol. The zero-order valence-corrected chi connectivity index (χ0v) is 19.5. The molecular formula is C23H19ClN2O6S. The number of hydrogen-bond acceptors (Lipinski definition) is 8. The molecule has 0 N–H and O–H groups in total. The van der Waals surface area contributed by atoms with Gasteiger partial charge in [0.25, 0.3) is 5.91 Å². The van der Waals surface area contributed by atoms with Crippen LogP contribution in [-0.2, 0) is 19.2 Å². The number of rotatable bonds is 4. The van der Waals surface area contributed by atoms with Gasteiger partial charge in [0, 0.05) is 9.90 Å². The fourth-order valence-corrected chi connectivity index (χ4v) is 5.56. The summed E-state index contributed by atoms with van der Waals surface area (Å²) in [5.41, 5.74) is 1.51. The zero-order chi connectivity index (χ0) is 23.4. The molecule has 170 valence electrons. The molecule has 2 aromatic heterocycles. The van der Waals surface area contributed by atoms with E-state index in [4.69, 9.17) is 25.6 Å². The first-order valence-corrected chi connectivity index (χ1v) is 11.3. The van der Waals surface area contributed by atoms with Gasteiger partial charge in [-0.05, 0) is 55.8 Å². The minimum absolute atomic E-state index is 0.214. The third-order valence-electron chi connectivity index (χ3n) is 5.99. The summed E-state index contributed by atoms with van der Waals surface area (Å²) in [6, 6.07) is 9.65. The number of hydrogen-bond donors (Lipinski definition) is 0. The van der Waals surface area contributed by atoms with Gasteiger partial charge in [0.05, 0.1) is 24.6 Å². The molecule has 0 aliphatic carbocycles. The third kappa shape index (κ3) is 3.26. The summed E-state index contributed by atoms with van der Waals surface area (Å²) in [6.45, 7) is 3.59. The molecule has 0 spiro atoms. The van der Waals surface area contributed by atoms with E-state index >= 15 is 0 Å². The van der Waals surface area contributed by atoms with Crippen molar-refractivity contribution in [1.29, 1.82) is 0 Å². The Bertz CT molecular complexity index is 1250. The van der Waals surface area contributed by atoms with Crippen molar-refractivity contribution in [2.75, 3.05) is 17.1 Å². The fourth-order valence-electron chi connectivity index (χ4n) is 4.28. The lowest BCUT2D eigenvalue weighted by atomic mass is 9.94. The first kappa shape index (κ1) is 21.7. The Balaban J connectivity index is 1.59. The first-order valence-electron chi connectivity index (χ1n) is 10.1. The van der Waals surface area contributed by atoms with Crippen LogP contribution in [0.1, 0.15) is 32.6 Å². The summed E-state index contributed by atoms with van der Waals surface area (Å²) in [7, 11) is 1.26. The van der Waals surface area contributed by atoms with Crippen LogP contribution in [0.3, 0.4) is 0 Å². The Morgan fingerprint density at radius 2 is 1.85 bits per heavy atom. The Morgan fingerprint density at radius 3 is 2.48 bits per heavy atom. The number of imide groups is 1. The van der Waals surface area contributed by atoms with Crippen LogP contribution in [0.15, 0.2) is 47.1 Å². The van der Waals surface area contributed by atoms with Crippen molar-refractivity contribution in [1.82, 2.24) is 0 Å². The molecule has 1 aromatic carbocycles. The first-order chi connectivity index (χ1) is 15.8. The lowest BCUT2D eigenvalue weighted by Crippen LogP contribution is -2.37. The van der Waals surface area contributed by atoms with Gasteiger partial charge in [0.15, 0.2) is 6.10 Å². The van der Waals surface area contributed by atoms with E-state index in [2.05, 4.69) is 0 Å². The highest BCUT2D eigenvalue weighted by Gasteiger charge is 2.61. The number of hydroxylamine groups is 1. The molecule has 4 heterocycles. The van der Waals surface area contributed by atoms with Crippen LogP contribution >= 0.6 is 22.9 Å². The Hall–Kier alpha value is -3.14. The quantitative estimate of drug-likeness (QED) is 0.397. The number of amides is 2. The molecule has 3 aromatic rings. The van der Waals surface area contributed by atoms with Crippen molar-refractivity contribution >= 4 is 51.4 Å². The van der Waals surface area contributed by atoms with Gasteiger partial charge in [0.1, 0.15) is 22.7 Å². The number of fused-ring (bicyclic) bond motifs is 1. The van der Waals surface area contributed by atoms with Gasteiger partial charge in [-0.25, -0.2) is 14.8 Å². The minimum atomic E-state index is -1.07. The topological polar surface area (TPSA) is 89.3 Å². The smallest absolute Gasteiger partial charge is 0.341 e. The Kier molecular flexibility index (Phi) is 5.27. The number of esters is 1. The summed E-state index contributed by atoms with van der Waals surface area (Å²) >= 11 is 7.22. The number of halogens is 1. The molecular weight excluding hydrogens is 468 g/mol. The molecule has 0 saturated carbocycles. The van der Waals surface area contributed by atoms with Crippen LogP contribution in [0.2, 0.25) is 5.02 Å². The number of thiophene rings is 1. The maximum absolute atomic E-state index is 13.7. The summed E-state index contributed by atoms with van der Waals surface area (Å²) in [5.74, 6) is -1.99. The van der Waals surface area contributed by atoms with Crippen molar-refractivity contribution in [2.24, 2.45) is 5.92 Å². The average molecular weight is 487 g/mol. The second-order valence-electron chi connectivity index (χ2n) is 7.78. The van der Waals surface area contributed by atoms with E-state index in [1.165, 1.54) is 29.8 Å². The SMILES string of the molecule is COC(=O)c1c(N2C(=O)[C@@H]3[C@H](ON(c4ccc(Cl)cc4)[C@@H]3c3ccco3)C2=O)sc(C)c1C. The number of ether oxygens (including phenoxy) is 1. The van der Waals surface area contributed by atoms with Gasteiger partial charge in [-0.2, -0.15) is 0 Å². The van der Waals surface area contributed by atoms with E-state index < -0.39 is 35.8 Å². The van der Waals surface area contributed by atoms with Crippen LogP contribution in [-0.4, -0.2) is 31.0 Å². The molecule has 2 saturated heterocycles. The summed E-state index contributed by atoms with van der Waals surface area (Å²) in [4.78, 5) is 47.6. The third-order valence-corrected chi connectivity index (χ3v) is 7.43. The lowest BCUT2D eigenvalue weighted by molar-refractivity contribution is -0.126. The number of carbonyl (C=O) groups excluding carboxylic acids is 3. The number of nitrogens with zero attached hydrogens (tertiary/aromatic N) is 2. The molecule has 33 heavy (non-hydrogen) atoms. The van der Waals surface area contributed by atoms with Crippen molar-refractivity contribution in [3.8, 4) is 0 Å². The number of carbonyl (C=O) groups is 3. The standard InChI is InChI=1S/C23H19ClN2O6S/c1-11-12(2)33-22(16(11)23(29)30-3)25-20(27)17-18(15-5-4-10-31-15)26(32-19(17)21(25)28)14-8-6-13(24)7-9-14/h4-10,17-19H,1-3H3/t17-,18+,19-/m0/s1. The van der Waals surface area contributed by atoms with Crippen molar-refractivity contribution in [2.45, 2.75) is 26.0 Å². The normalized spacial score (nSPS) is 22.2. The molecule has 8 nitrogen and oxygen atoms in total. The summed E-state index contributed by atoms with van der Waals surface area (Å²) < 4.78 is 10.5. The van der Waals surface area contributed by atoms with Crippen LogP contribution in [0.5, 0.6) is 0 Å². The molecule has 2 fully saturated rings. The highest BCUT2D eigenvalue weighted by Crippen LogP contribution is 2.49. The van der Waals surface area contributed by atoms with E-state index in [9.17, 15) is 14.4 Å². The molecule has 0 bridgehead atoms. The lowest BCUT2D eigenvalue weighted by Gasteiger charge is -2.27. The predicted octanol–water partition coefficient (Wildman–Crippen LogP) is 4.45. The van der Waals surface area contributed by atoms with Crippen LogP contribution in [0.25, 0.3) is 0 Å². The molecule has 0 unspecified atom stereocenters. The van der Waals surface area contributed by atoms with Crippen LogP contribution in [0.4, 0.5) is 10.7 Å². The molecule has 2 aliphatic heterocycles. The summed E-state index contributed by atoms with van der Waals surface area (Å²) in [5, 5.41) is 2.31. The van der Waals surface area contributed by atoms with Crippen molar-refractivity contribution < 1.29 is 28.4 Å². The van der Waals surface area contributed by atoms with E-state index in [1.54, 1.807) is 43.3 Å². The van der Waals surface area contributed by atoms with E-state index in [0.29, 0.717) is 22.0 Å². The van der Waals surface area contributed by atoms with E-state index in [0.717, 1.165) is 9.78 Å². The molecule has 2 aliphatic rings. The van der Waals surface area contributed by atoms with Gasteiger partial charge >= 0.3 is 5.97 Å².